The van der Waals surface area contributed by atoms with E-state index in [1.807, 2.05) is 0 Å². The predicted molar refractivity (Wildman–Crippen MR) is 74.3 cm³/mol. The first-order chi connectivity index (χ1) is 9.27. The molecule has 0 unspecified atom stereocenters. The van der Waals surface area contributed by atoms with Crippen molar-refractivity contribution < 1.29 is 9.53 Å². The van der Waals surface area contributed by atoms with Gasteiger partial charge < -0.3 is 15.4 Å². The molecule has 2 N–H and O–H groups in total. The van der Waals surface area contributed by atoms with Crippen LogP contribution in [0.4, 0.5) is 5.95 Å². The van der Waals surface area contributed by atoms with Gasteiger partial charge in [0.05, 0.1) is 6.61 Å². The van der Waals surface area contributed by atoms with Crippen LogP contribution in [0.2, 0.25) is 0 Å². The highest BCUT2D eigenvalue weighted by Crippen LogP contribution is 2.02. The minimum atomic E-state index is -0.212. The van der Waals surface area contributed by atoms with Gasteiger partial charge in [0.15, 0.2) is 0 Å². The van der Waals surface area contributed by atoms with Crippen LogP contribution in [-0.4, -0.2) is 42.7 Å². The van der Waals surface area contributed by atoms with Crippen molar-refractivity contribution in [3.8, 4) is 0 Å². The van der Waals surface area contributed by atoms with Gasteiger partial charge >= 0.3 is 0 Å². The third kappa shape index (κ3) is 6.15. The number of hydrogen-bond donors (Lipinski definition) is 2. The van der Waals surface area contributed by atoms with Crippen molar-refractivity contribution in [1.29, 1.82) is 0 Å². The van der Waals surface area contributed by atoms with Crippen molar-refractivity contribution in [2.45, 2.75) is 26.2 Å². The third-order valence-corrected chi connectivity index (χ3v) is 2.54. The first-order valence-corrected chi connectivity index (χ1v) is 6.62. The number of ether oxygens (including phenoxy) is 1. The van der Waals surface area contributed by atoms with E-state index in [2.05, 4.69) is 27.5 Å². The van der Waals surface area contributed by atoms with Gasteiger partial charge in [0.1, 0.15) is 5.69 Å². The SMILES string of the molecule is CCCCCNc1nccc(C(=O)NCCOC)n1. The summed E-state index contributed by atoms with van der Waals surface area (Å²) in [6.45, 7) is 3.93. The minimum absolute atomic E-state index is 0.212. The van der Waals surface area contributed by atoms with Crippen molar-refractivity contribution in [1.82, 2.24) is 15.3 Å². The summed E-state index contributed by atoms with van der Waals surface area (Å²) in [5.74, 6) is 0.284. The normalized spacial score (nSPS) is 10.2. The van der Waals surface area contributed by atoms with Crippen molar-refractivity contribution in [3.05, 3.63) is 18.0 Å². The van der Waals surface area contributed by atoms with E-state index in [1.54, 1.807) is 19.4 Å². The van der Waals surface area contributed by atoms with E-state index in [9.17, 15) is 4.79 Å². The van der Waals surface area contributed by atoms with Crippen LogP contribution < -0.4 is 10.6 Å². The molecular formula is C13H22N4O2. The summed E-state index contributed by atoms with van der Waals surface area (Å²) in [4.78, 5) is 20.0. The maximum absolute atomic E-state index is 11.8. The summed E-state index contributed by atoms with van der Waals surface area (Å²) < 4.78 is 4.87. The molecule has 0 saturated carbocycles. The Bertz CT molecular complexity index is 385. The Hall–Kier alpha value is -1.69. The highest BCUT2D eigenvalue weighted by Gasteiger charge is 2.07. The van der Waals surface area contributed by atoms with E-state index >= 15 is 0 Å². The zero-order valence-corrected chi connectivity index (χ0v) is 11.6. The quantitative estimate of drug-likeness (QED) is 0.662. The van der Waals surface area contributed by atoms with Gasteiger partial charge in [-0.1, -0.05) is 19.8 Å². The third-order valence-electron chi connectivity index (χ3n) is 2.54. The Labute approximate surface area is 114 Å². The second-order valence-electron chi connectivity index (χ2n) is 4.15. The molecule has 0 aromatic carbocycles. The molecular weight excluding hydrogens is 244 g/mol. The van der Waals surface area contributed by atoms with Gasteiger partial charge in [-0.3, -0.25) is 4.79 Å². The largest absolute Gasteiger partial charge is 0.383 e. The summed E-state index contributed by atoms with van der Waals surface area (Å²) in [5, 5.41) is 5.84. The number of carbonyl (C=O) groups excluding carboxylic acids is 1. The van der Waals surface area contributed by atoms with Gasteiger partial charge in [0.25, 0.3) is 5.91 Å². The molecule has 0 spiro atoms. The number of methoxy groups -OCH3 is 1. The molecule has 0 aliphatic carbocycles. The van der Waals surface area contributed by atoms with Crippen molar-refractivity contribution >= 4 is 11.9 Å². The predicted octanol–water partition coefficient (Wildman–Crippen LogP) is 1.45. The molecule has 0 aliphatic rings. The second-order valence-corrected chi connectivity index (χ2v) is 4.15. The fraction of sp³-hybridized carbons (Fsp3) is 0.615. The molecule has 1 aromatic rings. The van der Waals surface area contributed by atoms with Crippen LogP contribution in [-0.2, 0) is 4.74 Å². The Kier molecular flexibility index (Phi) is 7.50. The Balaban J connectivity index is 2.44. The highest BCUT2D eigenvalue weighted by molar-refractivity contribution is 5.92. The zero-order chi connectivity index (χ0) is 13.9. The minimum Gasteiger partial charge on any atom is -0.383 e. The Morgan fingerprint density at radius 2 is 2.21 bits per heavy atom. The van der Waals surface area contributed by atoms with Gasteiger partial charge in [0.2, 0.25) is 5.95 Å². The number of nitrogens with one attached hydrogen (secondary N) is 2. The van der Waals surface area contributed by atoms with E-state index < -0.39 is 0 Å². The fourth-order valence-corrected chi connectivity index (χ4v) is 1.50. The molecule has 0 atom stereocenters. The van der Waals surface area contributed by atoms with E-state index in [0.29, 0.717) is 24.8 Å². The number of hydrogen-bond acceptors (Lipinski definition) is 5. The van der Waals surface area contributed by atoms with Crippen LogP contribution in [0, 0.1) is 0 Å². The van der Waals surface area contributed by atoms with Crippen LogP contribution in [0.5, 0.6) is 0 Å². The van der Waals surface area contributed by atoms with E-state index in [-0.39, 0.29) is 5.91 Å². The average Bonchev–Trinajstić information content (AvgIpc) is 2.44. The summed E-state index contributed by atoms with van der Waals surface area (Å²) in [5.41, 5.74) is 0.365. The molecule has 19 heavy (non-hydrogen) atoms. The lowest BCUT2D eigenvalue weighted by Crippen LogP contribution is -2.28. The topological polar surface area (TPSA) is 76.1 Å². The average molecular weight is 266 g/mol. The highest BCUT2D eigenvalue weighted by atomic mass is 16.5. The molecule has 6 nitrogen and oxygen atoms in total. The van der Waals surface area contributed by atoms with Crippen molar-refractivity contribution in [2.24, 2.45) is 0 Å². The summed E-state index contributed by atoms with van der Waals surface area (Å²) in [6.07, 6.45) is 5.00. The van der Waals surface area contributed by atoms with Gasteiger partial charge in [0, 0.05) is 26.4 Å². The van der Waals surface area contributed by atoms with Gasteiger partial charge in [-0.05, 0) is 12.5 Å². The van der Waals surface area contributed by atoms with E-state index in [1.165, 1.54) is 12.8 Å². The first kappa shape index (κ1) is 15.4. The lowest BCUT2D eigenvalue weighted by molar-refractivity contribution is 0.0932. The van der Waals surface area contributed by atoms with Crippen LogP contribution >= 0.6 is 0 Å². The monoisotopic (exact) mass is 266 g/mol. The molecule has 6 heteroatoms. The molecule has 0 radical (unpaired) electrons. The summed E-state index contributed by atoms with van der Waals surface area (Å²) >= 11 is 0. The molecule has 1 aromatic heterocycles. The van der Waals surface area contributed by atoms with Gasteiger partial charge in [-0.2, -0.15) is 0 Å². The molecule has 0 fully saturated rings. The van der Waals surface area contributed by atoms with Crippen molar-refractivity contribution in [2.75, 3.05) is 32.1 Å². The number of amides is 1. The number of rotatable bonds is 9. The number of nitrogens with zero attached hydrogens (tertiary/aromatic N) is 2. The summed E-state index contributed by atoms with van der Waals surface area (Å²) in [6, 6.07) is 1.60. The van der Waals surface area contributed by atoms with Crippen LogP contribution in [0.3, 0.4) is 0 Å². The van der Waals surface area contributed by atoms with Crippen molar-refractivity contribution in [3.63, 3.8) is 0 Å². The molecule has 1 heterocycles. The molecule has 0 aliphatic heterocycles. The fourth-order valence-electron chi connectivity index (χ4n) is 1.50. The molecule has 0 saturated heterocycles. The lowest BCUT2D eigenvalue weighted by Gasteiger charge is -2.06. The molecule has 1 amide bonds. The van der Waals surface area contributed by atoms with E-state index in [4.69, 9.17) is 4.74 Å². The van der Waals surface area contributed by atoms with Crippen LogP contribution in [0.15, 0.2) is 12.3 Å². The maximum atomic E-state index is 11.8. The first-order valence-electron chi connectivity index (χ1n) is 6.62. The van der Waals surface area contributed by atoms with Crippen LogP contribution in [0.1, 0.15) is 36.7 Å². The smallest absolute Gasteiger partial charge is 0.270 e. The Morgan fingerprint density at radius 1 is 1.37 bits per heavy atom. The maximum Gasteiger partial charge on any atom is 0.270 e. The standard InChI is InChI=1S/C13H22N4O2/c1-3-4-5-7-15-13-16-8-6-11(17-13)12(18)14-9-10-19-2/h6,8H,3-5,7,9-10H2,1-2H3,(H,14,18)(H,15,16,17). The van der Waals surface area contributed by atoms with Crippen LogP contribution in [0.25, 0.3) is 0 Å². The number of anilines is 1. The number of carbonyl (C=O) groups is 1. The molecule has 1 rings (SSSR count). The molecule has 0 bridgehead atoms. The number of aromatic nitrogens is 2. The van der Waals surface area contributed by atoms with Gasteiger partial charge in [-0.25, -0.2) is 9.97 Å². The van der Waals surface area contributed by atoms with Gasteiger partial charge in [-0.15, -0.1) is 0 Å². The number of unbranched alkanes of at least 4 members (excludes halogenated alkanes) is 2. The summed E-state index contributed by atoms with van der Waals surface area (Å²) in [7, 11) is 1.59. The zero-order valence-electron chi connectivity index (χ0n) is 11.6. The Morgan fingerprint density at radius 3 is 2.95 bits per heavy atom. The second kappa shape index (κ2) is 9.27. The lowest BCUT2D eigenvalue weighted by atomic mass is 10.2. The van der Waals surface area contributed by atoms with E-state index in [0.717, 1.165) is 13.0 Å². The molecule has 106 valence electrons.